The van der Waals surface area contributed by atoms with Crippen LogP contribution in [0.1, 0.15) is 57.2 Å². The maximum Gasteiger partial charge on any atom is 0.407 e. The SMILES string of the molecule is C=C(OCC)c1ccc([C@H](N[C@@H](CC(C)C)C(=O)NC2(C#N)CC2)C(F)(F)F)cc1. The van der Waals surface area contributed by atoms with Gasteiger partial charge in [-0.15, -0.1) is 0 Å². The van der Waals surface area contributed by atoms with Crippen molar-refractivity contribution < 1.29 is 22.7 Å². The van der Waals surface area contributed by atoms with Crippen LogP contribution in [0.15, 0.2) is 30.8 Å². The van der Waals surface area contributed by atoms with Crippen LogP contribution in [0.3, 0.4) is 0 Å². The summed E-state index contributed by atoms with van der Waals surface area (Å²) in [5, 5.41) is 14.3. The summed E-state index contributed by atoms with van der Waals surface area (Å²) in [4.78, 5) is 12.7. The van der Waals surface area contributed by atoms with Gasteiger partial charge < -0.3 is 10.1 Å². The van der Waals surface area contributed by atoms with Crippen molar-refractivity contribution in [2.24, 2.45) is 5.92 Å². The Morgan fingerprint density at radius 1 is 1.30 bits per heavy atom. The first kappa shape index (κ1) is 23.7. The monoisotopic (exact) mass is 423 g/mol. The minimum absolute atomic E-state index is 0.0153. The molecule has 8 heteroatoms. The molecule has 0 aromatic heterocycles. The molecule has 1 aromatic rings. The third kappa shape index (κ3) is 6.23. The minimum atomic E-state index is -4.61. The van der Waals surface area contributed by atoms with Crippen molar-refractivity contribution in [3.63, 3.8) is 0 Å². The molecule has 0 aliphatic heterocycles. The average molecular weight is 423 g/mol. The standard InChI is InChI=1S/C22H28F3N3O2/c1-5-30-15(4)16-6-8-17(9-7-16)19(22(23,24)25)27-18(12-14(2)3)20(29)28-21(13-26)10-11-21/h6-9,14,18-19,27H,4-5,10-12H2,1-3H3,(H,28,29)/t18-,19-/m0/s1. The average Bonchev–Trinajstić information content (AvgIpc) is 3.44. The van der Waals surface area contributed by atoms with Gasteiger partial charge in [-0.05, 0) is 37.7 Å². The van der Waals surface area contributed by atoms with Crippen LogP contribution in [0.25, 0.3) is 5.76 Å². The Bertz CT molecular complexity index is 793. The Kier molecular flexibility index (Phi) is 7.54. The molecule has 0 heterocycles. The number of halogens is 3. The van der Waals surface area contributed by atoms with Crippen LogP contribution < -0.4 is 10.6 Å². The van der Waals surface area contributed by atoms with Gasteiger partial charge in [-0.1, -0.05) is 44.7 Å². The Balaban J connectivity index is 2.24. The molecule has 30 heavy (non-hydrogen) atoms. The molecule has 1 fully saturated rings. The number of nitrogens with one attached hydrogen (secondary N) is 2. The minimum Gasteiger partial charge on any atom is -0.494 e. The van der Waals surface area contributed by atoms with Gasteiger partial charge in [0, 0.05) is 5.56 Å². The van der Waals surface area contributed by atoms with E-state index in [4.69, 9.17) is 4.74 Å². The fourth-order valence-corrected chi connectivity index (χ4v) is 3.13. The van der Waals surface area contributed by atoms with Gasteiger partial charge in [-0.3, -0.25) is 10.1 Å². The maximum absolute atomic E-state index is 13.9. The number of rotatable bonds is 10. The number of ether oxygens (including phenoxy) is 1. The summed E-state index contributed by atoms with van der Waals surface area (Å²) in [6.45, 7) is 9.61. The summed E-state index contributed by atoms with van der Waals surface area (Å²) in [5.74, 6) is -0.224. The molecule has 1 aromatic carbocycles. The number of amides is 1. The lowest BCUT2D eigenvalue weighted by Crippen LogP contribution is -2.52. The van der Waals surface area contributed by atoms with E-state index in [9.17, 15) is 23.2 Å². The molecular formula is C22H28F3N3O2. The molecule has 0 spiro atoms. The highest BCUT2D eigenvalue weighted by Crippen LogP contribution is 2.36. The molecule has 1 aliphatic carbocycles. The lowest BCUT2D eigenvalue weighted by Gasteiger charge is -2.29. The first-order valence-electron chi connectivity index (χ1n) is 9.99. The third-order valence-corrected chi connectivity index (χ3v) is 4.93. The molecule has 5 nitrogen and oxygen atoms in total. The van der Waals surface area contributed by atoms with Crippen molar-refractivity contribution in [1.29, 1.82) is 5.26 Å². The quantitative estimate of drug-likeness (QED) is 0.545. The number of benzene rings is 1. The number of carbonyl (C=O) groups excluding carboxylic acids is 1. The largest absolute Gasteiger partial charge is 0.494 e. The topological polar surface area (TPSA) is 74.2 Å². The first-order chi connectivity index (χ1) is 14.0. The predicted molar refractivity (Wildman–Crippen MR) is 108 cm³/mol. The molecule has 1 amide bonds. The van der Waals surface area contributed by atoms with Crippen LogP contribution in [-0.4, -0.2) is 30.3 Å². The van der Waals surface area contributed by atoms with Gasteiger partial charge >= 0.3 is 6.18 Å². The van der Waals surface area contributed by atoms with Gasteiger partial charge in [0.2, 0.25) is 5.91 Å². The smallest absolute Gasteiger partial charge is 0.407 e. The van der Waals surface area contributed by atoms with Gasteiger partial charge in [0.15, 0.2) is 0 Å². The summed E-state index contributed by atoms with van der Waals surface area (Å²) in [6.07, 6.45) is -3.38. The number of alkyl halides is 3. The fraction of sp³-hybridized carbons (Fsp3) is 0.545. The fourth-order valence-electron chi connectivity index (χ4n) is 3.13. The van der Waals surface area contributed by atoms with Gasteiger partial charge in [0.05, 0.1) is 18.7 Å². The lowest BCUT2D eigenvalue weighted by molar-refractivity contribution is -0.161. The molecule has 1 saturated carbocycles. The Labute approximate surface area is 175 Å². The van der Waals surface area contributed by atoms with Crippen LogP contribution >= 0.6 is 0 Å². The van der Waals surface area contributed by atoms with E-state index in [1.54, 1.807) is 6.92 Å². The maximum atomic E-state index is 13.9. The summed E-state index contributed by atoms with van der Waals surface area (Å²) in [7, 11) is 0. The third-order valence-electron chi connectivity index (χ3n) is 4.93. The van der Waals surface area contributed by atoms with Crippen molar-refractivity contribution >= 4 is 11.7 Å². The molecule has 0 saturated heterocycles. The second kappa shape index (κ2) is 9.52. The number of nitriles is 1. The zero-order valence-electron chi connectivity index (χ0n) is 17.5. The molecule has 1 aliphatic rings. The zero-order valence-corrected chi connectivity index (χ0v) is 17.5. The van der Waals surface area contributed by atoms with Crippen LogP contribution in [0.4, 0.5) is 13.2 Å². The van der Waals surface area contributed by atoms with E-state index in [1.165, 1.54) is 24.3 Å². The predicted octanol–water partition coefficient (Wildman–Crippen LogP) is 4.47. The molecular weight excluding hydrogens is 395 g/mol. The Morgan fingerprint density at radius 3 is 2.33 bits per heavy atom. The van der Waals surface area contributed by atoms with Crippen LogP contribution in [0, 0.1) is 17.2 Å². The number of hydrogen-bond donors (Lipinski definition) is 2. The lowest BCUT2D eigenvalue weighted by atomic mass is 9.98. The van der Waals surface area contributed by atoms with E-state index in [0.29, 0.717) is 30.8 Å². The second-order valence-electron chi connectivity index (χ2n) is 7.98. The van der Waals surface area contributed by atoms with E-state index < -0.39 is 29.7 Å². The van der Waals surface area contributed by atoms with Crippen molar-refractivity contribution in [3.8, 4) is 6.07 Å². The van der Waals surface area contributed by atoms with E-state index >= 15 is 0 Å². The summed E-state index contributed by atoms with van der Waals surface area (Å²) in [6, 6.07) is 4.66. The van der Waals surface area contributed by atoms with Gasteiger partial charge in [-0.25, -0.2) is 0 Å². The van der Waals surface area contributed by atoms with Crippen molar-refractivity contribution in [1.82, 2.24) is 10.6 Å². The Morgan fingerprint density at radius 2 is 1.90 bits per heavy atom. The number of hydrogen-bond acceptors (Lipinski definition) is 4. The van der Waals surface area contributed by atoms with Gasteiger partial charge in [0.1, 0.15) is 17.3 Å². The summed E-state index contributed by atoms with van der Waals surface area (Å²) < 4.78 is 46.9. The molecule has 0 unspecified atom stereocenters. The molecule has 0 bridgehead atoms. The number of nitrogens with zero attached hydrogens (tertiary/aromatic N) is 1. The molecule has 0 radical (unpaired) electrons. The molecule has 2 rings (SSSR count). The van der Waals surface area contributed by atoms with Gasteiger partial charge in [-0.2, -0.15) is 18.4 Å². The van der Waals surface area contributed by atoms with E-state index in [-0.39, 0.29) is 17.9 Å². The first-order valence-corrected chi connectivity index (χ1v) is 9.99. The van der Waals surface area contributed by atoms with E-state index in [2.05, 4.69) is 17.2 Å². The highest BCUT2D eigenvalue weighted by atomic mass is 19.4. The van der Waals surface area contributed by atoms with E-state index in [1.807, 2.05) is 19.9 Å². The van der Waals surface area contributed by atoms with Crippen molar-refractivity contribution in [2.45, 2.75) is 63.8 Å². The van der Waals surface area contributed by atoms with E-state index in [0.717, 1.165) is 0 Å². The molecule has 164 valence electrons. The van der Waals surface area contributed by atoms with Crippen LogP contribution in [0.2, 0.25) is 0 Å². The van der Waals surface area contributed by atoms with Crippen LogP contribution in [0.5, 0.6) is 0 Å². The highest BCUT2D eigenvalue weighted by Gasteiger charge is 2.47. The zero-order chi connectivity index (χ0) is 22.5. The van der Waals surface area contributed by atoms with Crippen LogP contribution in [-0.2, 0) is 9.53 Å². The summed E-state index contributed by atoms with van der Waals surface area (Å²) in [5.41, 5.74) is -0.371. The van der Waals surface area contributed by atoms with Crippen molar-refractivity contribution in [2.75, 3.05) is 6.61 Å². The molecule has 2 N–H and O–H groups in total. The highest BCUT2D eigenvalue weighted by molar-refractivity contribution is 5.83. The summed E-state index contributed by atoms with van der Waals surface area (Å²) >= 11 is 0. The normalized spacial score (nSPS) is 17.0. The number of carbonyl (C=O) groups is 1. The van der Waals surface area contributed by atoms with Gasteiger partial charge in [0.25, 0.3) is 0 Å². The Hall–Kier alpha value is -2.53. The second-order valence-corrected chi connectivity index (χ2v) is 7.98. The molecule has 2 atom stereocenters. The van der Waals surface area contributed by atoms with Crippen molar-refractivity contribution in [3.05, 3.63) is 42.0 Å².